The molecule has 0 spiro atoms. The summed E-state index contributed by atoms with van der Waals surface area (Å²) in [5.41, 5.74) is 1.45. The van der Waals surface area contributed by atoms with Crippen LogP contribution in [0.15, 0.2) is 34.5 Å². The second kappa shape index (κ2) is 7.23. The molecule has 1 aromatic heterocycles. The molecule has 1 aromatic carbocycles. The maximum atomic E-state index is 12.5. The maximum absolute atomic E-state index is 12.5. The maximum Gasteiger partial charge on any atom is 0.257 e. The second-order valence-corrected chi connectivity index (χ2v) is 8.72. The molecule has 3 rings (SSSR count). The Morgan fingerprint density at radius 2 is 1.88 bits per heavy atom. The first-order valence-electron chi connectivity index (χ1n) is 8.32. The fourth-order valence-corrected chi connectivity index (χ4v) is 4.82. The molecule has 1 fully saturated rings. The third-order valence-corrected chi connectivity index (χ3v) is 7.04. The molecule has 0 saturated heterocycles. The van der Waals surface area contributed by atoms with E-state index in [1.807, 2.05) is 5.38 Å². The predicted octanol–water partition coefficient (Wildman–Crippen LogP) is 3.30. The minimum absolute atomic E-state index is 0.193. The molecule has 2 aromatic rings. The average Bonchev–Trinajstić information content (AvgIpc) is 3.35. The number of nitrogens with one attached hydrogen (secondary N) is 1. The highest BCUT2D eigenvalue weighted by Crippen LogP contribution is 2.40. The minimum Gasteiger partial charge on any atom is -0.298 e. The van der Waals surface area contributed by atoms with Gasteiger partial charge in [0.25, 0.3) is 5.91 Å². The van der Waals surface area contributed by atoms with Gasteiger partial charge in [-0.2, -0.15) is 4.31 Å². The second-order valence-electron chi connectivity index (χ2n) is 5.92. The van der Waals surface area contributed by atoms with Crippen molar-refractivity contribution in [1.82, 2.24) is 9.29 Å². The van der Waals surface area contributed by atoms with Gasteiger partial charge in [0.2, 0.25) is 10.0 Å². The summed E-state index contributed by atoms with van der Waals surface area (Å²) in [4.78, 5) is 16.9. The molecule has 1 heterocycles. The number of thiazole rings is 1. The van der Waals surface area contributed by atoms with Crippen LogP contribution in [-0.2, 0) is 10.0 Å². The lowest BCUT2D eigenvalue weighted by Crippen LogP contribution is -2.30. The molecule has 6 nitrogen and oxygen atoms in total. The third-order valence-electron chi connectivity index (χ3n) is 4.20. The van der Waals surface area contributed by atoms with Gasteiger partial charge >= 0.3 is 0 Å². The standard InChI is InChI=1S/C17H21N3O3S2/c1-3-20(4-2)25(22,23)14-9-7-13(8-10-14)16(21)19-17-18-15(11-24-17)12-5-6-12/h7-12H,3-6H2,1-2H3,(H,18,19,21). The number of aromatic nitrogens is 1. The van der Waals surface area contributed by atoms with Crippen LogP contribution >= 0.6 is 11.3 Å². The van der Waals surface area contributed by atoms with Crippen molar-refractivity contribution in [3.05, 3.63) is 40.9 Å². The van der Waals surface area contributed by atoms with Crippen LogP contribution in [-0.4, -0.2) is 36.7 Å². The van der Waals surface area contributed by atoms with Crippen LogP contribution in [0.5, 0.6) is 0 Å². The first-order chi connectivity index (χ1) is 12.0. The van der Waals surface area contributed by atoms with Crippen molar-refractivity contribution in [3.63, 3.8) is 0 Å². The normalized spacial score (nSPS) is 14.7. The van der Waals surface area contributed by atoms with Crippen LogP contribution in [0.1, 0.15) is 48.7 Å². The van der Waals surface area contributed by atoms with E-state index < -0.39 is 10.0 Å². The Hall–Kier alpha value is -1.77. The number of nitrogens with zero attached hydrogens (tertiary/aromatic N) is 2. The minimum atomic E-state index is -3.51. The van der Waals surface area contributed by atoms with Crippen molar-refractivity contribution in [2.75, 3.05) is 18.4 Å². The van der Waals surface area contributed by atoms with Gasteiger partial charge in [-0.3, -0.25) is 10.1 Å². The predicted molar refractivity (Wildman–Crippen MR) is 98.6 cm³/mol. The molecule has 1 N–H and O–H groups in total. The van der Waals surface area contributed by atoms with E-state index in [9.17, 15) is 13.2 Å². The van der Waals surface area contributed by atoms with Crippen molar-refractivity contribution in [2.45, 2.75) is 37.5 Å². The van der Waals surface area contributed by atoms with Crippen LogP contribution in [0.4, 0.5) is 5.13 Å². The highest BCUT2D eigenvalue weighted by molar-refractivity contribution is 7.89. The number of rotatable bonds is 7. The first-order valence-corrected chi connectivity index (χ1v) is 10.6. The number of hydrogen-bond donors (Lipinski definition) is 1. The molecule has 0 radical (unpaired) electrons. The molecule has 0 aliphatic heterocycles. The van der Waals surface area contributed by atoms with Crippen molar-refractivity contribution in [2.24, 2.45) is 0 Å². The number of hydrogen-bond acceptors (Lipinski definition) is 5. The topological polar surface area (TPSA) is 79.4 Å². The van der Waals surface area contributed by atoms with Gasteiger partial charge in [0, 0.05) is 30.0 Å². The Morgan fingerprint density at radius 3 is 2.44 bits per heavy atom. The smallest absolute Gasteiger partial charge is 0.257 e. The van der Waals surface area contributed by atoms with Crippen molar-refractivity contribution in [3.8, 4) is 0 Å². The Balaban J connectivity index is 1.71. The van der Waals surface area contributed by atoms with E-state index in [2.05, 4.69) is 10.3 Å². The van der Waals surface area contributed by atoms with Gasteiger partial charge in [-0.25, -0.2) is 13.4 Å². The molecule has 25 heavy (non-hydrogen) atoms. The number of anilines is 1. The van der Waals surface area contributed by atoms with Crippen LogP contribution < -0.4 is 5.32 Å². The monoisotopic (exact) mass is 379 g/mol. The van der Waals surface area contributed by atoms with Crippen LogP contribution in [0.3, 0.4) is 0 Å². The molecular weight excluding hydrogens is 358 g/mol. The summed E-state index contributed by atoms with van der Waals surface area (Å²) in [6.45, 7) is 4.42. The lowest BCUT2D eigenvalue weighted by molar-refractivity contribution is 0.102. The van der Waals surface area contributed by atoms with E-state index in [-0.39, 0.29) is 10.8 Å². The Bertz CT molecular complexity index is 852. The van der Waals surface area contributed by atoms with Crippen LogP contribution in [0.25, 0.3) is 0 Å². The zero-order chi connectivity index (χ0) is 18.0. The molecule has 8 heteroatoms. The summed E-state index contributed by atoms with van der Waals surface area (Å²) >= 11 is 1.41. The zero-order valence-corrected chi connectivity index (χ0v) is 15.9. The van der Waals surface area contributed by atoms with E-state index in [1.165, 1.54) is 52.7 Å². The van der Waals surface area contributed by atoms with E-state index in [4.69, 9.17) is 0 Å². The SMILES string of the molecule is CCN(CC)S(=O)(=O)c1ccc(C(=O)Nc2nc(C3CC3)cs2)cc1. The number of benzene rings is 1. The Morgan fingerprint density at radius 1 is 1.24 bits per heavy atom. The molecular formula is C17H21N3O3S2. The molecule has 1 aliphatic rings. The van der Waals surface area contributed by atoms with Crippen molar-refractivity contribution < 1.29 is 13.2 Å². The van der Waals surface area contributed by atoms with Gasteiger partial charge in [0.1, 0.15) is 0 Å². The quantitative estimate of drug-likeness (QED) is 0.800. The fraction of sp³-hybridized carbons (Fsp3) is 0.412. The largest absolute Gasteiger partial charge is 0.298 e. The third kappa shape index (κ3) is 3.91. The fourth-order valence-electron chi connectivity index (χ4n) is 2.57. The summed E-state index contributed by atoms with van der Waals surface area (Å²) in [5, 5.41) is 5.33. The van der Waals surface area contributed by atoms with Gasteiger partial charge in [-0.1, -0.05) is 13.8 Å². The van der Waals surface area contributed by atoms with Gasteiger partial charge < -0.3 is 0 Å². The summed E-state index contributed by atoms with van der Waals surface area (Å²) in [5.74, 6) is 0.259. The summed E-state index contributed by atoms with van der Waals surface area (Å²) in [6.07, 6.45) is 2.33. The van der Waals surface area contributed by atoms with Gasteiger partial charge in [0.15, 0.2) is 5.13 Å². The molecule has 1 saturated carbocycles. The van der Waals surface area contributed by atoms with Gasteiger partial charge in [-0.05, 0) is 37.1 Å². The van der Waals surface area contributed by atoms with E-state index in [0.717, 1.165) is 5.69 Å². The highest BCUT2D eigenvalue weighted by atomic mass is 32.2. The van der Waals surface area contributed by atoms with Crippen LogP contribution in [0.2, 0.25) is 0 Å². The highest BCUT2D eigenvalue weighted by Gasteiger charge is 2.26. The van der Waals surface area contributed by atoms with Gasteiger partial charge in [0.05, 0.1) is 10.6 Å². The number of carbonyl (C=O) groups is 1. The molecule has 0 unspecified atom stereocenters. The summed E-state index contributed by atoms with van der Waals surface area (Å²) in [7, 11) is -3.51. The van der Waals surface area contributed by atoms with Crippen molar-refractivity contribution in [1.29, 1.82) is 0 Å². The summed E-state index contributed by atoms with van der Waals surface area (Å²) < 4.78 is 26.3. The van der Waals surface area contributed by atoms with E-state index >= 15 is 0 Å². The van der Waals surface area contributed by atoms with Gasteiger partial charge in [-0.15, -0.1) is 11.3 Å². The van der Waals surface area contributed by atoms with Crippen molar-refractivity contribution >= 4 is 32.4 Å². The molecule has 134 valence electrons. The molecule has 1 aliphatic carbocycles. The van der Waals surface area contributed by atoms with Crippen LogP contribution in [0, 0.1) is 0 Å². The number of amides is 1. The zero-order valence-electron chi connectivity index (χ0n) is 14.2. The Kier molecular flexibility index (Phi) is 5.21. The lowest BCUT2D eigenvalue weighted by atomic mass is 10.2. The molecule has 0 atom stereocenters. The Labute approximate surface area is 151 Å². The lowest BCUT2D eigenvalue weighted by Gasteiger charge is -2.18. The van der Waals surface area contributed by atoms with E-state index in [1.54, 1.807) is 13.8 Å². The summed E-state index contributed by atoms with van der Waals surface area (Å²) in [6, 6.07) is 6.00. The molecule has 0 bridgehead atoms. The first kappa shape index (κ1) is 18.0. The van der Waals surface area contributed by atoms with E-state index in [0.29, 0.717) is 29.7 Å². The molecule has 1 amide bonds. The average molecular weight is 380 g/mol. The number of sulfonamides is 1. The number of carbonyl (C=O) groups excluding carboxylic acids is 1.